The normalized spacial score (nSPS) is 12.4. The first-order chi connectivity index (χ1) is 12.0. The number of hydrogen-bond acceptors (Lipinski definition) is 2. The zero-order valence-corrected chi connectivity index (χ0v) is 15.6. The molecule has 0 unspecified atom stereocenters. The minimum absolute atomic E-state index is 0.0159. The fourth-order valence-corrected chi connectivity index (χ4v) is 5.78. The van der Waals surface area contributed by atoms with Crippen molar-refractivity contribution in [3.05, 3.63) is 96.6 Å². The lowest BCUT2D eigenvalue weighted by molar-refractivity contribution is 0.0980. The van der Waals surface area contributed by atoms with Crippen LogP contribution in [0.2, 0.25) is 0 Å². The molecule has 2 nitrogen and oxygen atoms in total. The topological polar surface area (TPSA) is 34.1 Å². The Hall–Kier alpha value is -2.18. The summed E-state index contributed by atoms with van der Waals surface area (Å²) in [5.74, 6) is 0.0159. The van der Waals surface area contributed by atoms with E-state index in [-0.39, 0.29) is 17.9 Å². The first kappa shape index (κ1) is 19.1. The van der Waals surface area contributed by atoms with Gasteiger partial charge in [0, 0.05) is 30.0 Å². The summed E-state index contributed by atoms with van der Waals surface area (Å²) in [4.78, 5) is 12.8. The van der Waals surface area contributed by atoms with E-state index in [1.165, 1.54) is 0 Å². The second-order valence-electron chi connectivity index (χ2n) is 6.31. The van der Waals surface area contributed by atoms with E-state index < -0.39 is 7.14 Å². The lowest BCUT2D eigenvalue weighted by Gasteiger charge is -2.26. The minimum atomic E-state index is -2.69. The molecule has 0 amide bonds. The van der Waals surface area contributed by atoms with E-state index in [2.05, 4.69) is 13.2 Å². The van der Waals surface area contributed by atoms with Crippen molar-refractivity contribution in [1.82, 2.24) is 0 Å². The van der Waals surface area contributed by atoms with Gasteiger partial charge in [-0.1, -0.05) is 72.3 Å². The van der Waals surface area contributed by atoms with Crippen LogP contribution in [0.3, 0.4) is 0 Å². The summed E-state index contributed by atoms with van der Waals surface area (Å²) in [5, 5.41) is 0. The Morgan fingerprint density at radius 3 is 2.08 bits per heavy atom. The van der Waals surface area contributed by atoms with E-state index in [1.54, 1.807) is 12.2 Å². The molecule has 0 radical (unpaired) electrons. The molecule has 3 heteroatoms. The van der Waals surface area contributed by atoms with Crippen LogP contribution in [0.15, 0.2) is 79.9 Å². The van der Waals surface area contributed by atoms with Crippen molar-refractivity contribution in [2.24, 2.45) is 0 Å². The van der Waals surface area contributed by atoms with E-state index in [0.717, 1.165) is 11.1 Å². The number of carbonyl (C=O) groups is 1. The van der Waals surface area contributed by atoms with Crippen LogP contribution in [0.25, 0.3) is 0 Å². The number of ketones is 1. The van der Waals surface area contributed by atoms with E-state index in [1.807, 2.05) is 61.5 Å². The highest BCUT2D eigenvalue weighted by atomic mass is 31.2. The van der Waals surface area contributed by atoms with Gasteiger partial charge in [-0.2, -0.15) is 0 Å². The van der Waals surface area contributed by atoms with Crippen LogP contribution < -0.4 is 0 Å². The van der Waals surface area contributed by atoms with Gasteiger partial charge in [0.1, 0.15) is 7.14 Å². The monoisotopic (exact) mass is 352 g/mol. The maximum absolute atomic E-state index is 13.6. The van der Waals surface area contributed by atoms with Crippen molar-refractivity contribution in [2.45, 2.75) is 19.0 Å². The number of rotatable bonds is 9. The van der Waals surface area contributed by atoms with Crippen LogP contribution >= 0.6 is 7.14 Å². The molecule has 1 atom stereocenters. The molecule has 0 aliphatic heterocycles. The number of Topliss-reactive ketones (excluding diaryl/α,β-unsaturated/α-hetero) is 1. The van der Waals surface area contributed by atoms with Gasteiger partial charge >= 0.3 is 0 Å². The average Bonchev–Trinajstić information content (AvgIpc) is 2.61. The number of aryl methyl sites for hydroxylation is 1. The van der Waals surface area contributed by atoms with Gasteiger partial charge < -0.3 is 4.57 Å². The molecule has 2 rings (SSSR count). The molecule has 0 aromatic heterocycles. The molecule has 130 valence electrons. The van der Waals surface area contributed by atoms with Gasteiger partial charge in [0.25, 0.3) is 0 Å². The summed E-state index contributed by atoms with van der Waals surface area (Å²) in [6, 6.07) is 17.2. The summed E-state index contributed by atoms with van der Waals surface area (Å²) in [6.45, 7) is 9.51. The molecule has 25 heavy (non-hydrogen) atoms. The Kier molecular flexibility index (Phi) is 6.73. The molecular weight excluding hydrogens is 327 g/mol. The van der Waals surface area contributed by atoms with Crippen LogP contribution in [0.1, 0.15) is 33.6 Å². The molecule has 0 spiro atoms. The van der Waals surface area contributed by atoms with Crippen LogP contribution in [-0.2, 0) is 4.57 Å². The molecule has 0 fully saturated rings. The first-order valence-corrected chi connectivity index (χ1v) is 10.6. The fourth-order valence-electron chi connectivity index (χ4n) is 3.03. The van der Waals surface area contributed by atoms with Crippen LogP contribution in [0.4, 0.5) is 0 Å². The van der Waals surface area contributed by atoms with Gasteiger partial charge in [0.05, 0.1) is 0 Å². The standard InChI is InChI=1S/C22H25O2P/c1-4-15-25(24,16-5-2)22(20-9-7-6-8-10-20)17-21(23)19-13-11-18(3)12-14-19/h4-14,22H,1-2,15-17H2,3H3/t22-/m0/s1. The van der Waals surface area contributed by atoms with Gasteiger partial charge in [-0.05, 0) is 12.5 Å². The third-order valence-electron chi connectivity index (χ3n) is 4.38. The molecule has 0 saturated carbocycles. The maximum Gasteiger partial charge on any atom is 0.163 e. The summed E-state index contributed by atoms with van der Waals surface area (Å²) in [5.41, 5.74) is 2.39. The lowest BCUT2D eigenvalue weighted by atomic mass is 10.0. The largest absolute Gasteiger partial charge is 0.322 e. The smallest absolute Gasteiger partial charge is 0.163 e. The predicted molar refractivity (Wildman–Crippen MR) is 107 cm³/mol. The van der Waals surface area contributed by atoms with Gasteiger partial charge in [0.15, 0.2) is 5.78 Å². The Bertz CT molecular complexity index is 761. The summed E-state index contributed by atoms with van der Waals surface area (Å²) >= 11 is 0. The molecule has 0 aliphatic carbocycles. The highest BCUT2D eigenvalue weighted by Crippen LogP contribution is 2.60. The molecule has 0 saturated heterocycles. The zero-order valence-electron chi connectivity index (χ0n) is 14.7. The molecule has 2 aromatic rings. The van der Waals surface area contributed by atoms with Crippen molar-refractivity contribution in [3.8, 4) is 0 Å². The van der Waals surface area contributed by atoms with Crippen LogP contribution in [-0.4, -0.2) is 18.1 Å². The number of carbonyl (C=O) groups excluding carboxylic acids is 1. The van der Waals surface area contributed by atoms with E-state index in [0.29, 0.717) is 17.9 Å². The molecule has 0 N–H and O–H groups in total. The third-order valence-corrected chi connectivity index (χ3v) is 7.75. The van der Waals surface area contributed by atoms with Crippen molar-refractivity contribution in [3.63, 3.8) is 0 Å². The van der Waals surface area contributed by atoms with Crippen LogP contribution in [0.5, 0.6) is 0 Å². The predicted octanol–water partition coefficient (Wildman–Crippen LogP) is 6.04. The van der Waals surface area contributed by atoms with Gasteiger partial charge in [-0.25, -0.2) is 0 Å². The molecular formula is C22H25O2P. The first-order valence-electron chi connectivity index (χ1n) is 8.44. The van der Waals surface area contributed by atoms with Crippen LogP contribution in [0, 0.1) is 6.92 Å². The second-order valence-corrected chi connectivity index (χ2v) is 9.57. The van der Waals surface area contributed by atoms with Crippen molar-refractivity contribution in [2.75, 3.05) is 12.3 Å². The Balaban J connectivity index is 2.39. The SMILES string of the molecule is C=CCP(=O)(CC=C)[C@@H](CC(=O)c1ccc(C)cc1)c1ccccc1. The maximum atomic E-state index is 13.6. The lowest BCUT2D eigenvalue weighted by Crippen LogP contribution is -2.11. The number of allylic oxidation sites excluding steroid dienone is 2. The minimum Gasteiger partial charge on any atom is -0.322 e. The van der Waals surface area contributed by atoms with E-state index >= 15 is 0 Å². The molecule has 0 aliphatic rings. The number of benzene rings is 2. The Morgan fingerprint density at radius 1 is 1.00 bits per heavy atom. The van der Waals surface area contributed by atoms with E-state index in [9.17, 15) is 9.36 Å². The molecule has 0 bridgehead atoms. The summed E-state index contributed by atoms with van der Waals surface area (Å²) in [7, 11) is -2.69. The fraction of sp³-hybridized carbons (Fsp3) is 0.227. The van der Waals surface area contributed by atoms with E-state index in [4.69, 9.17) is 0 Å². The summed E-state index contributed by atoms with van der Waals surface area (Å²) in [6.07, 6.45) is 4.42. The molecule has 0 heterocycles. The van der Waals surface area contributed by atoms with Crippen molar-refractivity contribution >= 4 is 12.9 Å². The highest BCUT2D eigenvalue weighted by Gasteiger charge is 2.33. The molecule has 2 aromatic carbocycles. The van der Waals surface area contributed by atoms with Gasteiger partial charge in [-0.3, -0.25) is 4.79 Å². The quantitative estimate of drug-likeness (QED) is 0.313. The Morgan fingerprint density at radius 2 is 1.56 bits per heavy atom. The number of hydrogen-bond donors (Lipinski definition) is 0. The third kappa shape index (κ3) is 4.90. The van der Waals surface area contributed by atoms with Gasteiger partial charge in [-0.15, -0.1) is 13.2 Å². The van der Waals surface area contributed by atoms with Crippen molar-refractivity contribution in [1.29, 1.82) is 0 Å². The second kappa shape index (κ2) is 8.78. The highest BCUT2D eigenvalue weighted by molar-refractivity contribution is 7.64. The average molecular weight is 352 g/mol. The van der Waals surface area contributed by atoms with Gasteiger partial charge in [0.2, 0.25) is 0 Å². The van der Waals surface area contributed by atoms with Crippen molar-refractivity contribution < 1.29 is 9.36 Å². The zero-order chi connectivity index (χ0) is 18.3. The Labute approximate surface area is 150 Å². The summed E-state index contributed by atoms with van der Waals surface area (Å²) < 4.78 is 13.6.